The first-order valence-electron chi connectivity index (χ1n) is 6.41. The highest BCUT2D eigenvalue weighted by atomic mass is 16.5. The van der Waals surface area contributed by atoms with E-state index < -0.39 is 0 Å². The summed E-state index contributed by atoms with van der Waals surface area (Å²) >= 11 is 0. The predicted octanol–water partition coefficient (Wildman–Crippen LogP) is 2.11. The van der Waals surface area contributed by atoms with Gasteiger partial charge in [-0.25, -0.2) is 0 Å². The third-order valence-electron chi connectivity index (χ3n) is 2.24. The minimum Gasteiger partial charge on any atom is -0.375 e. The van der Waals surface area contributed by atoms with Crippen molar-refractivity contribution in [2.45, 2.75) is 46.6 Å². The van der Waals surface area contributed by atoms with E-state index in [1.165, 1.54) is 0 Å². The van der Waals surface area contributed by atoms with Crippen LogP contribution in [0.25, 0.3) is 0 Å². The highest BCUT2D eigenvalue weighted by Crippen LogP contribution is 2.07. The summed E-state index contributed by atoms with van der Waals surface area (Å²) in [4.78, 5) is 2.45. The molecule has 0 spiro atoms. The Kier molecular flexibility index (Phi) is 7.98. The molecule has 2 N–H and O–H groups in total. The van der Waals surface area contributed by atoms with Crippen molar-refractivity contribution in [3.8, 4) is 0 Å². The van der Waals surface area contributed by atoms with Gasteiger partial charge in [0, 0.05) is 13.1 Å². The van der Waals surface area contributed by atoms with E-state index in [9.17, 15) is 0 Å². The Morgan fingerprint density at radius 3 is 2.25 bits per heavy atom. The zero-order valence-electron chi connectivity index (χ0n) is 11.8. The van der Waals surface area contributed by atoms with E-state index in [1.807, 2.05) is 0 Å². The third-order valence-corrected chi connectivity index (χ3v) is 2.24. The summed E-state index contributed by atoms with van der Waals surface area (Å²) in [5, 5.41) is 0. The lowest BCUT2D eigenvalue weighted by atomic mass is 10.2. The van der Waals surface area contributed by atoms with Gasteiger partial charge in [-0.1, -0.05) is 13.8 Å². The second-order valence-electron chi connectivity index (χ2n) is 5.80. The van der Waals surface area contributed by atoms with Crippen molar-refractivity contribution in [1.29, 1.82) is 0 Å². The molecule has 0 aliphatic carbocycles. The molecular weight excluding hydrogens is 200 g/mol. The summed E-state index contributed by atoms with van der Waals surface area (Å²) in [6, 6.07) is 0. The summed E-state index contributed by atoms with van der Waals surface area (Å²) in [6.45, 7) is 15.6. The van der Waals surface area contributed by atoms with Crippen LogP contribution in [0.3, 0.4) is 0 Å². The Labute approximate surface area is 101 Å². The zero-order chi connectivity index (χ0) is 12.6. The zero-order valence-corrected chi connectivity index (χ0v) is 11.8. The highest BCUT2D eigenvalue weighted by molar-refractivity contribution is 4.63. The van der Waals surface area contributed by atoms with Gasteiger partial charge in [0.15, 0.2) is 0 Å². The second-order valence-corrected chi connectivity index (χ2v) is 5.80. The molecule has 16 heavy (non-hydrogen) atoms. The molecule has 0 saturated carbocycles. The first kappa shape index (κ1) is 15.9. The van der Waals surface area contributed by atoms with Crippen molar-refractivity contribution in [1.82, 2.24) is 4.90 Å². The predicted molar refractivity (Wildman–Crippen MR) is 70.7 cm³/mol. The topological polar surface area (TPSA) is 38.5 Å². The molecule has 3 nitrogen and oxygen atoms in total. The number of ether oxygens (including phenoxy) is 1. The fraction of sp³-hybridized carbons (Fsp3) is 1.00. The Bertz CT molecular complexity index is 164. The Hall–Kier alpha value is -0.120. The lowest BCUT2D eigenvalue weighted by Crippen LogP contribution is -2.34. The summed E-state index contributed by atoms with van der Waals surface area (Å²) in [5.74, 6) is 0.701. The van der Waals surface area contributed by atoms with Gasteiger partial charge in [0.1, 0.15) is 0 Å². The lowest BCUT2D eigenvalue weighted by molar-refractivity contribution is -0.0140. The molecule has 0 unspecified atom stereocenters. The van der Waals surface area contributed by atoms with Gasteiger partial charge >= 0.3 is 0 Å². The van der Waals surface area contributed by atoms with Crippen LogP contribution in [-0.4, -0.2) is 43.3 Å². The minimum atomic E-state index is -0.0304. The molecule has 0 rings (SSSR count). The maximum absolute atomic E-state index is 5.75. The van der Waals surface area contributed by atoms with Gasteiger partial charge in [-0.05, 0) is 46.2 Å². The maximum Gasteiger partial charge on any atom is 0.0600 e. The monoisotopic (exact) mass is 230 g/mol. The SMILES string of the molecule is CC(C)CN(CCCN)CCOC(C)(C)C. The van der Waals surface area contributed by atoms with E-state index >= 15 is 0 Å². The molecule has 0 aromatic rings. The molecule has 0 aromatic heterocycles. The summed E-state index contributed by atoms with van der Waals surface area (Å²) < 4.78 is 5.75. The van der Waals surface area contributed by atoms with Crippen LogP contribution in [0.5, 0.6) is 0 Å². The number of rotatable bonds is 8. The molecule has 0 saturated heterocycles. The van der Waals surface area contributed by atoms with E-state index in [0.717, 1.165) is 39.2 Å². The number of nitrogens with zero attached hydrogens (tertiary/aromatic N) is 1. The van der Waals surface area contributed by atoms with Gasteiger partial charge in [0.2, 0.25) is 0 Å². The minimum absolute atomic E-state index is 0.0304. The van der Waals surface area contributed by atoms with Crippen LogP contribution in [0.2, 0.25) is 0 Å². The largest absolute Gasteiger partial charge is 0.375 e. The van der Waals surface area contributed by atoms with Crippen molar-refractivity contribution in [3.05, 3.63) is 0 Å². The standard InChI is InChI=1S/C13H30N2O/c1-12(2)11-15(8-6-7-14)9-10-16-13(3,4)5/h12H,6-11,14H2,1-5H3. The van der Waals surface area contributed by atoms with E-state index in [1.54, 1.807) is 0 Å². The Morgan fingerprint density at radius 1 is 1.19 bits per heavy atom. The third kappa shape index (κ3) is 10.4. The van der Waals surface area contributed by atoms with Gasteiger partial charge in [0.25, 0.3) is 0 Å². The van der Waals surface area contributed by atoms with Gasteiger partial charge in [-0.2, -0.15) is 0 Å². The average Bonchev–Trinajstić information content (AvgIpc) is 2.11. The van der Waals surface area contributed by atoms with Crippen molar-refractivity contribution in [2.24, 2.45) is 11.7 Å². The molecule has 0 aromatic carbocycles. The van der Waals surface area contributed by atoms with Crippen LogP contribution < -0.4 is 5.73 Å². The molecule has 0 bridgehead atoms. The molecule has 0 aliphatic heterocycles. The Balaban J connectivity index is 3.82. The quantitative estimate of drug-likeness (QED) is 0.694. The van der Waals surface area contributed by atoms with E-state index in [2.05, 4.69) is 39.5 Å². The first-order chi connectivity index (χ1) is 7.35. The second kappa shape index (κ2) is 8.04. The molecule has 3 heteroatoms. The van der Waals surface area contributed by atoms with Crippen LogP contribution in [-0.2, 0) is 4.74 Å². The van der Waals surface area contributed by atoms with E-state index in [0.29, 0.717) is 5.92 Å². The lowest BCUT2D eigenvalue weighted by Gasteiger charge is -2.26. The molecule has 0 aliphatic rings. The summed E-state index contributed by atoms with van der Waals surface area (Å²) in [6.07, 6.45) is 1.07. The smallest absolute Gasteiger partial charge is 0.0600 e. The van der Waals surface area contributed by atoms with Crippen molar-refractivity contribution in [3.63, 3.8) is 0 Å². The molecule has 0 heterocycles. The first-order valence-corrected chi connectivity index (χ1v) is 6.41. The molecule has 0 radical (unpaired) electrons. The molecule has 0 amide bonds. The van der Waals surface area contributed by atoms with E-state index in [-0.39, 0.29) is 5.60 Å². The van der Waals surface area contributed by atoms with Crippen LogP contribution in [0.15, 0.2) is 0 Å². The van der Waals surface area contributed by atoms with Gasteiger partial charge in [-0.15, -0.1) is 0 Å². The van der Waals surface area contributed by atoms with Gasteiger partial charge < -0.3 is 15.4 Å². The maximum atomic E-state index is 5.75. The molecule has 0 atom stereocenters. The number of hydrogen-bond acceptors (Lipinski definition) is 3. The summed E-state index contributed by atoms with van der Waals surface area (Å²) in [5.41, 5.74) is 5.52. The fourth-order valence-corrected chi connectivity index (χ4v) is 1.61. The van der Waals surface area contributed by atoms with Crippen LogP contribution in [0.1, 0.15) is 41.0 Å². The van der Waals surface area contributed by atoms with Crippen LogP contribution in [0.4, 0.5) is 0 Å². The van der Waals surface area contributed by atoms with Crippen molar-refractivity contribution >= 4 is 0 Å². The fourth-order valence-electron chi connectivity index (χ4n) is 1.61. The summed E-state index contributed by atoms with van der Waals surface area (Å²) in [7, 11) is 0. The van der Waals surface area contributed by atoms with Crippen molar-refractivity contribution in [2.75, 3.05) is 32.8 Å². The normalized spacial score (nSPS) is 12.8. The van der Waals surface area contributed by atoms with Gasteiger partial charge in [-0.3, -0.25) is 0 Å². The van der Waals surface area contributed by atoms with Crippen LogP contribution in [0, 0.1) is 5.92 Å². The Morgan fingerprint density at radius 2 is 1.81 bits per heavy atom. The van der Waals surface area contributed by atoms with Crippen molar-refractivity contribution < 1.29 is 4.74 Å². The van der Waals surface area contributed by atoms with E-state index in [4.69, 9.17) is 10.5 Å². The highest BCUT2D eigenvalue weighted by Gasteiger charge is 2.12. The molecule has 0 fully saturated rings. The number of nitrogens with two attached hydrogens (primary N) is 1. The average molecular weight is 230 g/mol. The molecular formula is C13H30N2O. The van der Waals surface area contributed by atoms with Gasteiger partial charge in [0.05, 0.1) is 12.2 Å². The number of hydrogen-bond donors (Lipinski definition) is 1. The van der Waals surface area contributed by atoms with Crippen LogP contribution >= 0.6 is 0 Å². The molecule has 98 valence electrons.